The van der Waals surface area contributed by atoms with E-state index < -0.39 is 10.0 Å². The van der Waals surface area contributed by atoms with Crippen LogP contribution in [0.5, 0.6) is 0 Å². The second-order valence-corrected chi connectivity index (χ2v) is 6.28. The van der Waals surface area contributed by atoms with Gasteiger partial charge in [-0.2, -0.15) is 0 Å². The van der Waals surface area contributed by atoms with E-state index in [-0.39, 0.29) is 5.75 Å². The summed E-state index contributed by atoms with van der Waals surface area (Å²) in [6, 6.07) is 6.04. The number of sulfonamides is 1. The molecule has 1 aliphatic rings. The molecule has 1 heterocycles. The molecule has 0 unspecified atom stereocenters. The van der Waals surface area contributed by atoms with Gasteiger partial charge in [-0.1, -0.05) is 19.1 Å². The Morgan fingerprint density at radius 2 is 2.12 bits per heavy atom. The van der Waals surface area contributed by atoms with Crippen molar-refractivity contribution in [2.24, 2.45) is 0 Å². The fraction of sp³-hybridized carbons (Fsp3) is 0.500. The van der Waals surface area contributed by atoms with Crippen LogP contribution < -0.4 is 4.31 Å². The Hall–Kier alpha value is -1.03. The van der Waals surface area contributed by atoms with Crippen molar-refractivity contribution < 1.29 is 8.42 Å². The predicted octanol–water partition coefficient (Wildman–Crippen LogP) is 2.10. The molecule has 0 amide bonds. The maximum absolute atomic E-state index is 12.0. The predicted molar refractivity (Wildman–Crippen MR) is 66.3 cm³/mol. The zero-order chi connectivity index (χ0) is 11.8. The van der Waals surface area contributed by atoms with Crippen molar-refractivity contribution in [3.63, 3.8) is 0 Å². The third kappa shape index (κ3) is 1.94. The molecule has 2 rings (SSSR count). The standard InChI is InChI=1S/C12H17NO2S/c1-3-8-16(14,15)13-7-6-11-5-4-10(2)9-12(11)13/h4-5,9H,3,6-8H2,1-2H3. The van der Waals surface area contributed by atoms with Crippen LogP contribution in [0.1, 0.15) is 24.5 Å². The Morgan fingerprint density at radius 1 is 1.38 bits per heavy atom. The molecule has 0 spiro atoms. The maximum atomic E-state index is 12.0. The lowest BCUT2D eigenvalue weighted by molar-refractivity contribution is 0.591. The normalized spacial score (nSPS) is 15.2. The summed E-state index contributed by atoms with van der Waals surface area (Å²) >= 11 is 0. The van der Waals surface area contributed by atoms with Crippen LogP contribution in [0.4, 0.5) is 5.69 Å². The van der Waals surface area contributed by atoms with Crippen molar-refractivity contribution >= 4 is 15.7 Å². The summed E-state index contributed by atoms with van der Waals surface area (Å²) in [5.74, 6) is 0.236. The Balaban J connectivity index is 2.40. The smallest absolute Gasteiger partial charge is 0.235 e. The Kier molecular flexibility index (Phi) is 2.93. The van der Waals surface area contributed by atoms with Gasteiger partial charge in [0.05, 0.1) is 11.4 Å². The molecule has 3 nitrogen and oxygen atoms in total. The molecule has 1 aromatic rings. The average molecular weight is 239 g/mol. The van der Waals surface area contributed by atoms with Crippen LogP contribution in [0.3, 0.4) is 0 Å². The molecule has 0 saturated carbocycles. The van der Waals surface area contributed by atoms with Crippen LogP contribution in [0, 0.1) is 6.92 Å². The topological polar surface area (TPSA) is 37.4 Å². The van der Waals surface area contributed by atoms with Gasteiger partial charge in [-0.25, -0.2) is 8.42 Å². The summed E-state index contributed by atoms with van der Waals surface area (Å²) in [5.41, 5.74) is 3.14. The lowest BCUT2D eigenvalue weighted by Crippen LogP contribution is -2.31. The minimum atomic E-state index is -3.11. The molecule has 16 heavy (non-hydrogen) atoms. The van der Waals surface area contributed by atoms with Gasteiger partial charge in [-0.05, 0) is 37.0 Å². The number of hydrogen-bond acceptors (Lipinski definition) is 2. The van der Waals surface area contributed by atoms with Gasteiger partial charge in [-0.15, -0.1) is 0 Å². The van der Waals surface area contributed by atoms with E-state index in [1.165, 1.54) is 0 Å². The first kappa shape index (κ1) is 11.5. The first-order chi connectivity index (χ1) is 7.54. The molecule has 4 heteroatoms. The fourth-order valence-electron chi connectivity index (χ4n) is 2.12. The molecule has 0 saturated heterocycles. The minimum absolute atomic E-state index is 0.236. The Bertz CT molecular complexity index is 494. The van der Waals surface area contributed by atoms with Crippen molar-refractivity contribution in [3.8, 4) is 0 Å². The highest BCUT2D eigenvalue weighted by molar-refractivity contribution is 7.92. The quantitative estimate of drug-likeness (QED) is 0.810. The molecule has 1 aromatic carbocycles. The van der Waals surface area contributed by atoms with Crippen molar-refractivity contribution in [3.05, 3.63) is 29.3 Å². The van der Waals surface area contributed by atoms with Crippen LogP contribution in [-0.2, 0) is 16.4 Å². The molecule has 0 aromatic heterocycles. The van der Waals surface area contributed by atoms with Crippen molar-refractivity contribution in [2.45, 2.75) is 26.7 Å². The molecule has 0 aliphatic carbocycles. The third-order valence-electron chi connectivity index (χ3n) is 2.89. The van der Waals surface area contributed by atoms with E-state index in [9.17, 15) is 8.42 Å². The van der Waals surface area contributed by atoms with E-state index in [1.54, 1.807) is 4.31 Å². The van der Waals surface area contributed by atoms with Gasteiger partial charge in [0.15, 0.2) is 0 Å². The summed E-state index contributed by atoms with van der Waals surface area (Å²) in [7, 11) is -3.11. The first-order valence-electron chi connectivity index (χ1n) is 5.64. The summed E-state index contributed by atoms with van der Waals surface area (Å²) in [6.07, 6.45) is 1.50. The number of rotatable bonds is 3. The maximum Gasteiger partial charge on any atom is 0.235 e. The molecule has 0 radical (unpaired) electrons. The van der Waals surface area contributed by atoms with Crippen molar-refractivity contribution in [2.75, 3.05) is 16.6 Å². The Labute approximate surface area is 97.1 Å². The van der Waals surface area contributed by atoms with Gasteiger partial charge >= 0.3 is 0 Å². The third-order valence-corrected chi connectivity index (χ3v) is 4.87. The summed E-state index contributed by atoms with van der Waals surface area (Å²) in [5, 5.41) is 0. The fourth-order valence-corrected chi connectivity index (χ4v) is 3.69. The molecule has 0 bridgehead atoms. The molecule has 1 aliphatic heterocycles. The second-order valence-electron chi connectivity index (χ2n) is 4.27. The van der Waals surface area contributed by atoms with Crippen LogP contribution in [-0.4, -0.2) is 20.7 Å². The molecular formula is C12H17NO2S. The zero-order valence-corrected chi connectivity index (χ0v) is 10.5. The molecule has 0 N–H and O–H groups in total. The van der Waals surface area contributed by atoms with Crippen molar-refractivity contribution in [1.82, 2.24) is 0 Å². The van der Waals surface area contributed by atoms with Gasteiger partial charge in [-0.3, -0.25) is 4.31 Å². The summed E-state index contributed by atoms with van der Waals surface area (Å²) < 4.78 is 25.6. The summed E-state index contributed by atoms with van der Waals surface area (Å²) in [6.45, 7) is 4.48. The SMILES string of the molecule is CCCS(=O)(=O)N1CCc2ccc(C)cc21. The van der Waals surface area contributed by atoms with E-state index in [4.69, 9.17) is 0 Å². The van der Waals surface area contributed by atoms with Crippen molar-refractivity contribution in [1.29, 1.82) is 0 Å². The molecule has 0 fully saturated rings. The number of aryl methyl sites for hydroxylation is 1. The van der Waals surface area contributed by atoms with E-state index in [0.717, 1.165) is 23.2 Å². The average Bonchev–Trinajstić information content (AvgIpc) is 2.60. The number of anilines is 1. The summed E-state index contributed by atoms with van der Waals surface area (Å²) in [4.78, 5) is 0. The highest BCUT2D eigenvalue weighted by Crippen LogP contribution is 2.31. The van der Waals surface area contributed by atoms with Crippen LogP contribution in [0.25, 0.3) is 0 Å². The lowest BCUT2D eigenvalue weighted by Gasteiger charge is -2.19. The first-order valence-corrected chi connectivity index (χ1v) is 7.25. The van der Waals surface area contributed by atoms with Gasteiger partial charge in [0.1, 0.15) is 0 Å². The van der Waals surface area contributed by atoms with E-state index in [0.29, 0.717) is 13.0 Å². The number of benzene rings is 1. The number of hydrogen-bond donors (Lipinski definition) is 0. The largest absolute Gasteiger partial charge is 0.270 e. The highest BCUT2D eigenvalue weighted by Gasteiger charge is 2.28. The van der Waals surface area contributed by atoms with Crippen LogP contribution in [0.15, 0.2) is 18.2 Å². The number of fused-ring (bicyclic) bond motifs is 1. The van der Waals surface area contributed by atoms with E-state index in [1.807, 2.05) is 32.0 Å². The molecule has 88 valence electrons. The van der Waals surface area contributed by atoms with E-state index in [2.05, 4.69) is 0 Å². The number of nitrogens with zero attached hydrogens (tertiary/aromatic N) is 1. The van der Waals surface area contributed by atoms with Gasteiger partial charge in [0.25, 0.3) is 0 Å². The highest BCUT2D eigenvalue weighted by atomic mass is 32.2. The molecule has 0 atom stereocenters. The lowest BCUT2D eigenvalue weighted by atomic mass is 10.1. The second kappa shape index (κ2) is 4.09. The monoisotopic (exact) mass is 239 g/mol. The zero-order valence-electron chi connectivity index (χ0n) is 9.73. The van der Waals surface area contributed by atoms with Crippen LogP contribution >= 0.6 is 0 Å². The molecular weight excluding hydrogens is 222 g/mol. The van der Waals surface area contributed by atoms with Crippen LogP contribution in [0.2, 0.25) is 0 Å². The van der Waals surface area contributed by atoms with E-state index >= 15 is 0 Å². The van der Waals surface area contributed by atoms with Gasteiger partial charge in [0, 0.05) is 6.54 Å². The Morgan fingerprint density at radius 3 is 2.81 bits per heavy atom. The van der Waals surface area contributed by atoms with Gasteiger partial charge < -0.3 is 0 Å². The minimum Gasteiger partial charge on any atom is -0.270 e. The van der Waals surface area contributed by atoms with Gasteiger partial charge in [0.2, 0.25) is 10.0 Å².